The fourth-order valence-electron chi connectivity index (χ4n) is 4.49. The maximum atomic E-state index is 15.6. The Kier molecular flexibility index (Phi) is 9.01. The van der Waals surface area contributed by atoms with Gasteiger partial charge in [0.25, 0.3) is 5.91 Å². The number of ether oxygens (including phenoxy) is 1. The van der Waals surface area contributed by atoms with Gasteiger partial charge in [0, 0.05) is 17.4 Å². The molecule has 0 bridgehead atoms. The summed E-state index contributed by atoms with van der Waals surface area (Å²) in [5.41, 5.74) is 4.76. The van der Waals surface area contributed by atoms with Gasteiger partial charge in [0.1, 0.15) is 28.5 Å². The fraction of sp³-hybridized carbons (Fsp3) is 0.481. The average molecular weight is 579 g/mol. The number of nitrogens with one attached hydrogen (secondary N) is 3. The summed E-state index contributed by atoms with van der Waals surface area (Å²) in [4.78, 5) is 33.7. The number of likely N-dealkylation sites (N-methyl/N-ethyl adjacent to an activating group) is 1. The largest absolute Gasteiger partial charge is 0.444 e. The number of amidine groups is 1. The number of alkyl carbamates (subject to hydrolysis) is 1. The number of carbonyl (C=O) groups is 2. The van der Waals surface area contributed by atoms with Gasteiger partial charge in [-0.15, -0.1) is 11.8 Å². The molecule has 2 amide bonds. The first-order valence-electron chi connectivity index (χ1n) is 12.5. The average Bonchev–Trinajstić information content (AvgIpc) is 2.82. The monoisotopic (exact) mass is 578 g/mol. The highest BCUT2D eigenvalue weighted by atomic mass is 35.5. The molecule has 12 heteroatoms. The number of rotatable bonds is 6. The number of anilines is 1. The molecule has 2 atom stereocenters. The lowest BCUT2D eigenvalue weighted by atomic mass is 9.81. The lowest BCUT2D eigenvalue weighted by Crippen LogP contribution is -2.64. The molecule has 1 aliphatic rings. The minimum atomic E-state index is -1.27. The highest BCUT2D eigenvalue weighted by molar-refractivity contribution is 8.02. The number of halogens is 2. The van der Waals surface area contributed by atoms with Gasteiger partial charge in [0.15, 0.2) is 0 Å². The Morgan fingerprint density at radius 1 is 1.15 bits per heavy atom. The van der Waals surface area contributed by atoms with E-state index in [4.69, 9.17) is 27.1 Å². The summed E-state index contributed by atoms with van der Waals surface area (Å²) >= 11 is 7.37. The summed E-state index contributed by atoms with van der Waals surface area (Å²) in [6.45, 7) is 11.2. The normalized spacial score (nSPS) is 22.6. The van der Waals surface area contributed by atoms with Crippen molar-refractivity contribution in [2.75, 3.05) is 18.9 Å². The van der Waals surface area contributed by atoms with Crippen LogP contribution in [0.5, 0.6) is 0 Å². The molecular weight excluding hydrogens is 543 g/mol. The van der Waals surface area contributed by atoms with Crippen LogP contribution in [0.1, 0.15) is 64.0 Å². The first-order chi connectivity index (χ1) is 18.1. The summed E-state index contributed by atoms with van der Waals surface area (Å²) in [6.07, 6.45) is 1.14. The third-order valence-electron chi connectivity index (χ3n) is 6.35. The molecule has 0 radical (unpaired) electrons. The molecule has 2 heterocycles. The van der Waals surface area contributed by atoms with E-state index in [1.807, 2.05) is 13.8 Å². The number of pyridine rings is 1. The van der Waals surface area contributed by atoms with Crippen molar-refractivity contribution in [3.63, 3.8) is 0 Å². The van der Waals surface area contributed by atoms with Gasteiger partial charge in [-0.05, 0) is 91.9 Å². The Bertz CT molecular complexity index is 1270. The molecule has 1 aromatic carbocycles. The van der Waals surface area contributed by atoms with Crippen LogP contribution in [0.15, 0.2) is 41.5 Å². The minimum absolute atomic E-state index is 0.154. The number of nitrogens with two attached hydrogens (primary N) is 1. The van der Waals surface area contributed by atoms with Crippen molar-refractivity contribution < 1.29 is 18.7 Å². The molecule has 0 aliphatic carbocycles. The summed E-state index contributed by atoms with van der Waals surface area (Å²) in [5, 5.41) is 9.30. The molecule has 1 aliphatic heterocycles. The molecule has 9 nitrogen and oxygen atoms in total. The van der Waals surface area contributed by atoms with Crippen LogP contribution in [-0.2, 0) is 10.3 Å². The number of aromatic nitrogens is 1. The van der Waals surface area contributed by atoms with E-state index >= 15 is 4.39 Å². The number of benzene rings is 1. The Morgan fingerprint density at radius 2 is 1.85 bits per heavy atom. The highest BCUT2D eigenvalue weighted by Gasteiger charge is 2.57. The van der Waals surface area contributed by atoms with Crippen molar-refractivity contribution in [2.24, 2.45) is 10.7 Å². The summed E-state index contributed by atoms with van der Waals surface area (Å²) in [7, 11) is 1.77. The second-order valence-electron chi connectivity index (χ2n) is 10.9. The minimum Gasteiger partial charge on any atom is -0.444 e. The first-order valence-corrected chi connectivity index (χ1v) is 13.7. The maximum Gasteiger partial charge on any atom is 0.413 e. The van der Waals surface area contributed by atoms with Crippen LogP contribution in [0.3, 0.4) is 0 Å². The zero-order chi connectivity index (χ0) is 29.2. The zero-order valence-electron chi connectivity index (χ0n) is 23.2. The maximum absolute atomic E-state index is 15.6. The van der Waals surface area contributed by atoms with Crippen LogP contribution in [0.2, 0.25) is 5.02 Å². The Morgan fingerprint density at radius 3 is 2.41 bits per heavy atom. The predicted molar refractivity (Wildman–Crippen MR) is 155 cm³/mol. The molecule has 1 aromatic heterocycles. The van der Waals surface area contributed by atoms with Gasteiger partial charge in [-0.1, -0.05) is 11.6 Å². The molecule has 0 spiro atoms. The van der Waals surface area contributed by atoms with E-state index in [0.717, 1.165) is 0 Å². The molecule has 0 saturated carbocycles. The second kappa shape index (κ2) is 11.4. The van der Waals surface area contributed by atoms with Crippen LogP contribution in [0, 0.1) is 5.82 Å². The summed E-state index contributed by atoms with van der Waals surface area (Å²) < 4.78 is 20.4. The van der Waals surface area contributed by atoms with Gasteiger partial charge in [-0.3, -0.25) is 15.1 Å². The summed E-state index contributed by atoms with van der Waals surface area (Å²) in [5.74, 6) is -0.685. The number of amides is 2. The molecule has 39 heavy (non-hydrogen) atoms. The molecule has 0 saturated heterocycles. The molecule has 5 N–H and O–H groups in total. The van der Waals surface area contributed by atoms with Crippen molar-refractivity contribution in [1.29, 1.82) is 0 Å². The van der Waals surface area contributed by atoms with Crippen molar-refractivity contribution in [3.8, 4) is 0 Å². The van der Waals surface area contributed by atoms with Crippen LogP contribution >= 0.6 is 23.4 Å². The third kappa shape index (κ3) is 6.71. The third-order valence-corrected chi connectivity index (χ3v) is 8.43. The predicted octanol–water partition coefficient (Wildman–Crippen LogP) is 5.05. The summed E-state index contributed by atoms with van der Waals surface area (Å²) in [6, 6.07) is 7.33. The number of carbonyl (C=O) groups excluding carboxylic acids is 2. The lowest BCUT2D eigenvalue weighted by Gasteiger charge is -2.53. The smallest absolute Gasteiger partial charge is 0.413 e. The van der Waals surface area contributed by atoms with Crippen molar-refractivity contribution in [1.82, 2.24) is 15.6 Å². The van der Waals surface area contributed by atoms with E-state index < -0.39 is 38.6 Å². The van der Waals surface area contributed by atoms with Crippen molar-refractivity contribution >= 4 is 46.9 Å². The van der Waals surface area contributed by atoms with Gasteiger partial charge >= 0.3 is 6.09 Å². The lowest BCUT2D eigenvalue weighted by molar-refractivity contribution is 0.0560. The van der Waals surface area contributed by atoms with E-state index in [0.29, 0.717) is 29.5 Å². The van der Waals surface area contributed by atoms with Gasteiger partial charge < -0.3 is 21.1 Å². The van der Waals surface area contributed by atoms with Crippen molar-refractivity contribution in [3.05, 3.63) is 58.6 Å². The topological polar surface area (TPSA) is 131 Å². The Balaban J connectivity index is 2.11. The van der Waals surface area contributed by atoms with Gasteiger partial charge in [-0.2, -0.15) is 0 Å². The standard InChI is InChI=1S/C27H36ClFN6O3S/c1-24(2,3)38-23(37)34-22-25(4,5)39-27(31-7,12-13-30)26(6,35-22)18-14-17(9-10-19(18)29)33-21(36)20-11-8-16(28)15-32-20/h8-11,14-15,31H,12-13,30H2,1-7H3,(H,33,36)(H,34,35,37)/t26-,27+/m1/s1. The SMILES string of the molecule is CN[C@@]1(CCN)SC(C)(C)C(NC(=O)OC(C)(C)C)=N[C@]1(C)c1cc(NC(=O)c2ccc(Cl)cn2)ccc1F. The van der Waals surface area contributed by atoms with E-state index in [9.17, 15) is 9.59 Å². The Hall–Kier alpha value is -2.73. The zero-order valence-corrected chi connectivity index (χ0v) is 24.8. The van der Waals surface area contributed by atoms with Gasteiger partial charge in [0.05, 0.1) is 14.6 Å². The number of thioether (sulfide) groups is 1. The number of nitrogens with zero attached hydrogens (tertiary/aromatic N) is 2. The quantitative estimate of drug-likeness (QED) is 0.377. The fourth-order valence-corrected chi connectivity index (χ4v) is 6.34. The number of hydrogen-bond acceptors (Lipinski definition) is 8. The van der Waals surface area contributed by atoms with E-state index in [-0.39, 0.29) is 11.3 Å². The van der Waals surface area contributed by atoms with Crippen LogP contribution in [0.25, 0.3) is 0 Å². The molecule has 3 rings (SSSR count). The van der Waals surface area contributed by atoms with Gasteiger partial charge in [0.2, 0.25) is 0 Å². The molecule has 0 unspecified atom stereocenters. The van der Waals surface area contributed by atoms with Crippen LogP contribution in [0.4, 0.5) is 14.9 Å². The molecule has 2 aromatic rings. The second-order valence-corrected chi connectivity index (χ2v) is 13.3. The highest BCUT2D eigenvalue weighted by Crippen LogP contribution is 2.54. The van der Waals surface area contributed by atoms with Gasteiger partial charge in [-0.25, -0.2) is 14.2 Å². The first kappa shape index (κ1) is 30.8. The Labute approximate surface area is 237 Å². The molecular formula is C27H36ClFN6O3S. The van der Waals surface area contributed by atoms with Crippen molar-refractivity contribution in [2.45, 2.75) is 68.7 Å². The number of hydrogen-bond donors (Lipinski definition) is 4. The van der Waals surface area contributed by atoms with Crippen LogP contribution in [-0.4, -0.2) is 51.6 Å². The molecule has 0 fully saturated rings. The molecule has 212 valence electrons. The van der Waals surface area contributed by atoms with E-state index in [1.165, 1.54) is 36.2 Å². The number of aliphatic imine (C=N–C) groups is 1. The van der Waals surface area contributed by atoms with E-state index in [2.05, 4.69) is 20.9 Å². The van der Waals surface area contributed by atoms with Crippen LogP contribution < -0.4 is 21.7 Å². The van der Waals surface area contributed by atoms with E-state index in [1.54, 1.807) is 46.9 Å².